The summed E-state index contributed by atoms with van der Waals surface area (Å²) in [6.45, 7) is 3.47. The zero-order valence-corrected chi connectivity index (χ0v) is 11.9. The highest BCUT2D eigenvalue weighted by Crippen LogP contribution is 2.38. The second kappa shape index (κ2) is 5.53. The molecule has 20 heavy (non-hydrogen) atoms. The first-order valence-electron chi connectivity index (χ1n) is 6.51. The van der Waals surface area contributed by atoms with Crippen molar-refractivity contribution in [3.63, 3.8) is 0 Å². The van der Waals surface area contributed by atoms with Gasteiger partial charge in [0.15, 0.2) is 5.78 Å². The van der Waals surface area contributed by atoms with E-state index >= 15 is 0 Å². The van der Waals surface area contributed by atoms with Gasteiger partial charge in [0.1, 0.15) is 30.1 Å². The van der Waals surface area contributed by atoms with Gasteiger partial charge in [-0.2, -0.15) is 0 Å². The van der Waals surface area contributed by atoms with Crippen molar-refractivity contribution in [2.75, 3.05) is 20.3 Å². The average Bonchev–Trinajstić information content (AvgIpc) is 2.46. The summed E-state index contributed by atoms with van der Waals surface area (Å²) >= 11 is 0. The van der Waals surface area contributed by atoms with Crippen LogP contribution in [0.5, 0.6) is 11.5 Å². The fourth-order valence-electron chi connectivity index (χ4n) is 2.22. The summed E-state index contributed by atoms with van der Waals surface area (Å²) in [6, 6.07) is 5.10. The van der Waals surface area contributed by atoms with Crippen molar-refractivity contribution in [2.45, 2.75) is 20.3 Å². The summed E-state index contributed by atoms with van der Waals surface area (Å²) in [7, 11) is 1.56. The summed E-state index contributed by atoms with van der Waals surface area (Å²) in [4.78, 5) is 23.7. The number of carbonyl (C=O) groups excluding carboxylic acids is 2. The van der Waals surface area contributed by atoms with Gasteiger partial charge in [0.25, 0.3) is 0 Å². The Hall–Kier alpha value is -2.04. The molecule has 1 aliphatic rings. The highest BCUT2D eigenvalue weighted by Gasteiger charge is 2.44. The number of benzene rings is 1. The molecular weight excluding hydrogens is 260 g/mol. The molecule has 0 N–H and O–H groups in total. The predicted octanol–water partition coefficient (Wildman–Crippen LogP) is 2.23. The van der Waals surface area contributed by atoms with Gasteiger partial charge in [0.05, 0.1) is 12.7 Å². The average molecular weight is 278 g/mol. The number of fused-ring (bicyclic) bond motifs is 1. The van der Waals surface area contributed by atoms with Crippen molar-refractivity contribution in [1.82, 2.24) is 0 Å². The highest BCUT2D eigenvalue weighted by molar-refractivity contribution is 6.04. The maximum atomic E-state index is 12.7. The van der Waals surface area contributed by atoms with Gasteiger partial charge in [-0.1, -0.05) is 6.92 Å². The molecule has 5 heteroatoms. The Morgan fingerprint density at radius 3 is 2.80 bits per heavy atom. The Kier molecular flexibility index (Phi) is 3.97. The Morgan fingerprint density at radius 2 is 2.20 bits per heavy atom. The number of hydrogen-bond donors (Lipinski definition) is 0. The van der Waals surface area contributed by atoms with Crippen LogP contribution in [-0.4, -0.2) is 32.1 Å². The largest absolute Gasteiger partial charge is 0.497 e. The number of methoxy groups -OCH3 is 1. The summed E-state index contributed by atoms with van der Waals surface area (Å²) in [5.74, 6) is 0.707. The normalized spacial score (nSPS) is 20.9. The van der Waals surface area contributed by atoms with Gasteiger partial charge in [0, 0.05) is 13.0 Å². The van der Waals surface area contributed by atoms with E-state index in [1.165, 1.54) is 6.92 Å². The molecule has 0 saturated heterocycles. The Bertz CT molecular complexity index is 537. The molecule has 1 heterocycles. The number of carbonyl (C=O) groups is 2. The lowest BCUT2D eigenvalue weighted by Crippen LogP contribution is -2.44. The minimum absolute atomic E-state index is 0.0448. The fourth-order valence-corrected chi connectivity index (χ4v) is 2.22. The second-order valence-corrected chi connectivity index (χ2v) is 4.89. The summed E-state index contributed by atoms with van der Waals surface area (Å²) in [5, 5.41) is 0. The molecule has 0 aliphatic carbocycles. The number of Topliss-reactive ketones (excluding diaryl/α,β-unsaturated/α-hetero) is 1. The third-order valence-corrected chi connectivity index (χ3v) is 3.65. The van der Waals surface area contributed by atoms with Gasteiger partial charge in [0.2, 0.25) is 0 Å². The first kappa shape index (κ1) is 14.4. The van der Waals surface area contributed by atoms with E-state index in [1.54, 1.807) is 25.3 Å². The molecule has 0 fully saturated rings. The van der Waals surface area contributed by atoms with Crippen LogP contribution in [0.15, 0.2) is 18.2 Å². The highest BCUT2D eigenvalue weighted by atomic mass is 16.5. The minimum atomic E-state index is -0.798. The van der Waals surface area contributed by atoms with Gasteiger partial charge >= 0.3 is 5.97 Å². The zero-order valence-electron chi connectivity index (χ0n) is 11.9. The van der Waals surface area contributed by atoms with E-state index in [4.69, 9.17) is 14.2 Å². The number of ketones is 1. The van der Waals surface area contributed by atoms with Crippen LogP contribution in [0.25, 0.3) is 0 Å². The molecule has 0 bridgehead atoms. The van der Waals surface area contributed by atoms with E-state index < -0.39 is 11.4 Å². The molecule has 0 aromatic heterocycles. The zero-order chi connectivity index (χ0) is 14.8. The molecule has 5 nitrogen and oxygen atoms in total. The molecular formula is C15H18O5. The van der Waals surface area contributed by atoms with Crippen LogP contribution in [0.3, 0.4) is 0 Å². The van der Waals surface area contributed by atoms with Crippen LogP contribution in [0.4, 0.5) is 0 Å². The van der Waals surface area contributed by atoms with Gasteiger partial charge in [-0.25, -0.2) is 0 Å². The number of hydrogen-bond acceptors (Lipinski definition) is 5. The summed E-state index contributed by atoms with van der Waals surface area (Å²) in [5.41, 5.74) is -0.293. The van der Waals surface area contributed by atoms with Gasteiger partial charge in [-0.05, 0) is 18.6 Å². The third-order valence-electron chi connectivity index (χ3n) is 3.65. The Labute approximate surface area is 117 Å². The summed E-state index contributed by atoms with van der Waals surface area (Å²) in [6.07, 6.45) is 0.546. The molecule has 1 aromatic rings. The molecule has 2 rings (SSSR count). The quantitative estimate of drug-likeness (QED) is 0.790. The first-order chi connectivity index (χ1) is 9.52. The van der Waals surface area contributed by atoms with Crippen molar-refractivity contribution in [3.05, 3.63) is 23.8 Å². The van der Waals surface area contributed by atoms with Crippen molar-refractivity contribution < 1.29 is 23.8 Å². The Balaban J connectivity index is 2.31. The van der Waals surface area contributed by atoms with Gasteiger partial charge in [-0.15, -0.1) is 0 Å². The van der Waals surface area contributed by atoms with E-state index in [2.05, 4.69) is 0 Å². The molecule has 0 spiro atoms. The van der Waals surface area contributed by atoms with E-state index in [0.717, 1.165) is 0 Å². The van der Waals surface area contributed by atoms with Gasteiger partial charge < -0.3 is 14.2 Å². The maximum absolute atomic E-state index is 12.7. The molecule has 1 aromatic carbocycles. The van der Waals surface area contributed by atoms with Crippen LogP contribution >= 0.6 is 0 Å². The van der Waals surface area contributed by atoms with Crippen molar-refractivity contribution in [2.24, 2.45) is 5.41 Å². The van der Waals surface area contributed by atoms with E-state index in [0.29, 0.717) is 23.5 Å². The third kappa shape index (κ3) is 2.48. The first-order valence-corrected chi connectivity index (χ1v) is 6.51. The molecule has 0 radical (unpaired) electrons. The van der Waals surface area contributed by atoms with Crippen LogP contribution in [-0.2, 0) is 9.53 Å². The van der Waals surface area contributed by atoms with Crippen LogP contribution in [0, 0.1) is 5.41 Å². The van der Waals surface area contributed by atoms with E-state index in [9.17, 15) is 9.59 Å². The standard InChI is InChI=1S/C15H18O5/c1-4-15(8-19-10(2)16)9-20-13-7-11(18-3)5-6-12(13)14(15)17/h5-7H,4,8-9H2,1-3H3/t15-/m1/s1. The lowest BCUT2D eigenvalue weighted by molar-refractivity contribution is -0.144. The van der Waals surface area contributed by atoms with Crippen LogP contribution in [0.1, 0.15) is 30.6 Å². The topological polar surface area (TPSA) is 61.8 Å². The van der Waals surface area contributed by atoms with Gasteiger partial charge in [-0.3, -0.25) is 9.59 Å². The number of ether oxygens (including phenoxy) is 3. The maximum Gasteiger partial charge on any atom is 0.302 e. The fraction of sp³-hybridized carbons (Fsp3) is 0.467. The predicted molar refractivity (Wildman–Crippen MR) is 72.2 cm³/mol. The number of esters is 1. The minimum Gasteiger partial charge on any atom is -0.497 e. The molecule has 0 saturated carbocycles. The Morgan fingerprint density at radius 1 is 1.45 bits per heavy atom. The summed E-state index contributed by atoms with van der Waals surface area (Å²) < 4.78 is 15.8. The monoisotopic (exact) mass is 278 g/mol. The molecule has 1 aliphatic heterocycles. The smallest absolute Gasteiger partial charge is 0.302 e. The van der Waals surface area contributed by atoms with Crippen molar-refractivity contribution in [3.8, 4) is 11.5 Å². The van der Waals surface area contributed by atoms with Crippen LogP contribution < -0.4 is 9.47 Å². The molecule has 1 atom stereocenters. The van der Waals surface area contributed by atoms with Crippen molar-refractivity contribution >= 4 is 11.8 Å². The second-order valence-electron chi connectivity index (χ2n) is 4.89. The molecule has 108 valence electrons. The lowest BCUT2D eigenvalue weighted by atomic mass is 9.77. The lowest BCUT2D eigenvalue weighted by Gasteiger charge is -2.35. The van der Waals surface area contributed by atoms with Crippen LogP contribution in [0.2, 0.25) is 0 Å². The van der Waals surface area contributed by atoms with Crippen molar-refractivity contribution in [1.29, 1.82) is 0 Å². The van der Waals surface area contributed by atoms with E-state index in [-0.39, 0.29) is 19.0 Å². The number of rotatable bonds is 4. The SMILES string of the molecule is CC[C@@]1(COC(C)=O)COc2cc(OC)ccc2C1=O. The molecule has 0 amide bonds. The molecule has 0 unspecified atom stereocenters. The van der Waals surface area contributed by atoms with E-state index in [1.807, 2.05) is 6.92 Å².